The van der Waals surface area contributed by atoms with Crippen LogP contribution in [0.25, 0.3) is 16.2 Å². The minimum Gasteiger partial charge on any atom is -0.433 e. The number of amides is 1. The van der Waals surface area contributed by atoms with Crippen LogP contribution < -0.4 is 34.9 Å². The molecule has 4 aromatic rings. The molecule has 0 aliphatic rings. The van der Waals surface area contributed by atoms with Crippen molar-refractivity contribution in [2.75, 3.05) is 11.1 Å². The quantitative estimate of drug-likeness (QED) is 0.250. The summed E-state index contributed by atoms with van der Waals surface area (Å²) in [5.74, 6) is 0.100. The molecule has 14 heteroatoms. The van der Waals surface area contributed by atoms with Gasteiger partial charge in [0, 0.05) is 20.9 Å². The SMILES string of the molecule is O=C(CSc1nnc(-c2ccc(Br)cc2)o1)Nc1ccc(S(=O)(=O)[N-]c2nccs2)cc1.[Na+]. The number of thioether (sulfide) groups is 1. The number of rotatable bonds is 8. The molecule has 2 heterocycles. The van der Waals surface area contributed by atoms with Crippen LogP contribution in [-0.2, 0) is 14.8 Å². The van der Waals surface area contributed by atoms with E-state index in [4.69, 9.17) is 4.42 Å². The van der Waals surface area contributed by atoms with Gasteiger partial charge >= 0.3 is 29.6 Å². The Morgan fingerprint density at radius 3 is 2.52 bits per heavy atom. The minimum atomic E-state index is -3.87. The standard InChI is InChI=1S/C19H14BrN5O4S3.Na/c20-13-3-1-12(2-4-13)17-23-24-19(29-17)31-11-16(26)22-14-5-7-15(8-6-14)32(27,28)25-18-21-9-10-30-18;/h1-10H,11H2,(H2,21,22,25,26);/q;+1/p-1. The summed E-state index contributed by atoms with van der Waals surface area (Å²) >= 11 is 5.59. The molecule has 4 rings (SSSR count). The third kappa shape index (κ3) is 7.12. The molecular formula is C19H13BrN5NaO4S3. The zero-order valence-corrected chi connectivity index (χ0v) is 23.0. The number of carbonyl (C=O) groups excluding carboxylic acids is 1. The minimum absolute atomic E-state index is 0. The molecule has 164 valence electrons. The van der Waals surface area contributed by atoms with Crippen molar-refractivity contribution in [1.29, 1.82) is 0 Å². The Hall–Kier alpha value is -1.74. The molecule has 9 nitrogen and oxygen atoms in total. The van der Waals surface area contributed by atoms with Gasteiger partial charge in [0.05, 0.1) is 10.6 Å². The summed E-state index contributed by atoms with van der Waals surface area (Å²) in [6, 6.07) is 13.1. The summed E-state index contributed by atoms with van der Waals surface area (Å²) in [5, 5.41) is 12.7. The number of carbonyl (C=O) groups is 1. The fraction of sp³-hybridized carbons (Fsp3) is 0.0526. The Kier molecular flexibility index (Phi) is 9.09. The van der Waals surface area contributed by atoms with E-state index < -0.39 is 10.0 Å². The van der Waals surface area contributed by atoms with Gasteiger partial charge in [0.25, 0.3) is 5.22 Å². The molecule has 0 saturated carbocycles. The Morgan fingerprint density at radius 1 is 1.12 bits per heavy atom. The van der Waals surface area contributed by atoms with E-state index in [0.29, 0.717) is 11.6 Å². The number of nitrogens with zero attached hydrogens (tertiary/aromatic N) is 4. The van der Waals surface area contributed by atoms with E-state index in [1.165, 1.54) is 30.5 Å². The van der Waals surface area contributed by atoms with Crippen molar-refractivity contribution in [2.45, 2.75) is 10.1 Å². The molecule has 2 aromatic heterocycles. The van der Waals surface area contributed by atoms with Crippen LogP contribution in [-0.4, -0.2) is 35.3 Å². The van der Waals surface area contributed by atoms with Gasteiger partial charge in [-0.2, -0.15) is 11.3 Å². The topological polar surface area (TPSA) is 129 Å². The maximum absolute atomic E-state index is 12.3. The zero-order chi connectivity index (χ0) is 22.6. The zero-order valence-electron chi connectivity index (χ0n) is 17.0. The van der Waals surface area contributed by atoms with Crippen molar-refractivity contribution in [3.63, 3.8) is 0 Å². The van der Waals surface area contributed by atoms with Crippen LogP contribution in [0.4, 0.5) is 10.8 Å². The number of hydrogen-bond acceptors (Lipinski definition) is 9. The van der Waals surface area contributed by atoms with E-state index >= 15 is 0 Å². The van der Waals surface area contributed by atoms with Crippen molar-refractivity contribution in [2.24, 2.45) is 0 Å². The van der Waals surface area contributed by atoms with Crippen LogP contribution in [0.1, 0.15) is 0 Å². The molecule has 0 spiro atoms. The van der Waals surface area contributed by atoms with Gasteiger partial charge in [-0.05, 0) is 53.9 Å². The van der Waals surface area contributed by atoms with Crippen LogP contribution in [0.2, 0.25) is 0 Å². The monoisotopic (exact) mass is 573 g/mol. The van der Waals surface area contributed by atoms with E-state index in [-0.39, 0.29) is 56.5 Å². The van der Waals surface area contributed by atoms with Crippen molar-refractivity contribution in [1.82, 2.24) is 15.2 Å². The first-order valence-electron chi connectivity index (χ1n) is 8.89. The summed E-state index contributed by atoms with van der Waals surface area (Å²) in [6.07, 6.45) is 1.48. The van der Waals surface area contributed by atoms with Gasteiger partial charge in [0.15, 0.2) is 0 Å². The number of halogens is 1. The smallest absolute Gasteiger partial charge is 0.433 e. The molecule has 0 unspecified atom stereocenters. The van der Waals surface area contributed by atoms with Gasteiger partial charge in [-0.1, -0.05) is 33.9 Å². The van der Waals surface area contributed by atoms with Crippen molar-refractivity contribution < 1.29 is 47.2 Å². The molecule has 1 N–H and O–H groups in total. The largest absolute Gasteiger partial charge is 1.00 e. The second-order valence-electron chi connectivity index (χ2n) is 6.12. The van der Waals surface area contributed by atoms with Crippen LogP contribution in [0.3, 0.4) is 0 Å². The predicted octanol–water partition coefficient (Wildman–Crippen LogP) is 2.08. The van der Waals surface area contributed by atoms with Gasteiger partial charge in [-0.25, -0.2) is 8.42 Å². The molecule has 0 bridgehead atoms. The third-order valence-corrected chi connectivity index (χ3v) is 7.29. The number of nitrogens with one attached hydrogen (secondary N) is 1. The van der Waals surface area contributed by atoms with Gasteiger partial charge in [-0.15, -0.1) is 10.2 Å². The summed E-state index contributed by atoms with van der Waals surface area (Å²) in [6.45, 7) is 0. The van der Waals surface area contributed by atoms with E-state index in [0.717, 1.165) is 33.1 Å². The van der Waals surface area contributed by atoms with E-state index in [9.17, 15) is 13.2 Å². The summed E-state index contributed by atoms with van der Waals surface area (Å²) < 4.78 is 34.8. The Bertz CT molecular complexity index is 1310. The first-order valence-corrected chi connectivity index (χ1v) is 13.0. The predicted molar refractivity (Wildman–Crippen MR) is 126 cm³/mol. The molecule has 0 fully saturated rings. The second-order valence-corrected chi connectivity index (χ2v) is 10.4. The van der Waals surface area contributed by atoms with Crippen LogP contribution >= 0.6 is 39.0 Å². The average molecular weight is 574 g/mol. The van der Waals surface area contributed by atoms with E-state index in [1.807, 2.05) is 24.3 Å². The molecule has 33 heavy (non-hydrogen) atoms. The molecule has 0 aliphatic carbocycles. The average Bonchev–Trinajstić information content (AvgIpc) is 3.45. The fourth-order valence-corrected chi connectivity index (χ4v) is 4.93. The first-order chi connectivity index (χ1) is 15.4. The fourth-order valence-electron chi connectivity index (χ4n) is 2.43. The number of aromatic nitrogens is 3. The Labute approximate surface area is 228 Å². The van der Waals surface area contributed by atoms with E-state index in [2.05, 4.69) is 41.2 Å². The van der Waals surface area contributed by atoms with Gasteiger partial charge in [0.1, 0.15) is 0 Å². The van der Waals surface area contributed by atoms with Gasteiger partial charge in [0.2, 0.25) is 21.8 Å². The molecule has 0 atom stereocenters. The third-order valence-electron chi connectivity index (χ3n) is 3.88. The molecular weight excluding hydrogens is 561 g/mol. The molecule has 1 amide bonds. The second kappa shape index (κ2) is 11.6. The van der Waals surface area contributed by atoms with Crippen molar-refractivity contribution in [3.05, 3.63) is 69.3 Å². The summed E-state index contributed by atoms with van der Waals surface area (Å²) in [4.78, 5) is 16.1. The van der Waals surface area contributed by atoms with Crippen LogP contribution in [0.5, 0.6) is 0 Å². The molecule has 0 radical (unpaired) electrons. The normalized spacial score (nSPS) is 10.9. The van der Waals surface area contributed by atoms with Crippen LogP contribution in [0, 0.1) is 0 Å². The number of sulfonamides is 1. The summed E-state index contributed by atoms with van der Waals surface area (Å²) in [7, 11) is -3.87. The number of anilines is 1. The number of hydrogen-bond donors (Lipinski definition) is 1. The van der Waals surface area contributed by atoms with Gasteiger partial charge in [-0.3, -0.25) is 4.79 Å². The molecule has 2 aromatic carbocycles. The maximum atomic E-state index is 12.3. The molecule has 0 aliphatic heterocycles. The number of thiazole rings is 1. The van der Waals surface area contributed by atoms with Gasteiger partial charge < -0.3 is 19.4 Å². The first kappa shape index (κ1) is 25.9. The van der Waals surface area contributed by atoms with Crippen molar-refractivity contribution in [3.8, 4) is 11.5 Å². The molecule has 0 saturated heterocycles. The van der Waals surface area contributed by atoms with Crippen molar-refractivity contribution >= 4 is 65.8 Å². The van der Waals surface area contributed by atoms with Crippen LogP contribution in [0.15, 0.2) is 79.1 Å². The summed E-state index contributed by atoms with van der Waals surface area (Å²) in [5.41, 5.74) is 1.22. The Morgan fingerprint density at radius 2 is 1.85 bits per heavy atom. The number of benzene rings is 2. The van der Waals surface area contributed by atoms with E-state index in [1.54, 1.807) is 5.38 Å². The maximum Gasteiger partial charge on any atom is 1.00 e. The Balaban J connectivity index is 0.00000306.